The molecule has 50 heavy (non-hydrogen) atoms. The topological polar surface area (TPSA) is 154 Å². The second-order valence-electron chi connectivity index (χ2n) is 14.4. The summed E-state index contributed by atoms with van der Waals surface area (Å²) in [4.78, 5) is 63.6. The molecular weight excluding hydrogens is 634 g/mol. The third kappa shape index (κ3) is 5.73. The van der Waals surface area contributed by atoms with Crippen molar-refractivity contribution in [1.29, 1.82) is 0 Å². The van der Waals surface area contributed by atoms with Crippen LogP contribution in [0.1, 0.15) is 82.5 Å². The molecule has 1 unspecified atom stereocenters. The zero-order valence-corrected chi connectivity index (χ0v) is 27.7. The Bertz CT molecular complexity index is 2040. The number of piperidine rings is 1. The minimum absolute atomic E-state index is 0.0938. The minimum atomic E-state index is -0.972. The van der Waals surface area contributed by atoms with Gasteiger partial charge in [0.05, 0.1) is 45.8 Å². The van der Waals surface area contributed by atoms with Gasteiger partial charge in [0, 0.05) is 69.1 Å². The van der Waals surface area contributed by atoms with E-state index in [2.05, 4.69) is 49.9 Å². The number of anilines is 1. The van der Waals surface area contributed by atoms with Crippen molar-refractivity contribution in [3.63, 3.8) is 0 Å². The highest BCUT2D eigenvalue weighted by atomic mass is 16.2. The molecule has 3 N–H and O–H groups in total. The van der Waals surface area contributed by atoms with Crippen LogP contribution in [0, 0.1) is 5.92 Å². The third-order valence-corrected chi connectivity index (χ3v) is 10.8. The Kier molecular flexibility index (Phi) is 7.69. The maximum Gasteiger partial charge on any atom is 0.262 e. The van der Waals surface area contributed by atoms with Crippen LogP contribution in [0.15, 0.2) is 48.8 Å². The molecule has 0 spiro atoms. The van der Waals surface area contributed by atoms with Gasteiger partial charge in [0.2, 0.25) is 11.8 Å². The number of fused-ring (bicyclic) bond motifs is 2. The van der Waals surface area contributed by atoms with Gasteiger partial charge in [-0.3, -0.25) is 44.0 Å². The first kappa shape index (κ1) is 31.0. The quantitative estimate of drug-likeness (QED) is 0.226. The van der Waals surface area contributed by atoms with Gasteiger partial charge in [-0.05, 0) is 73.9 Å². The summed E-state index contributed by atoms with van der Waals surface area (Å²) in [6.07, 6.45) is 8.53. The van der Waals surface area contributed by atoms with Crippen LogP contribution in [0.25, 0.3) is 22.3 Å². The summed E-state index contributed by atoms with van der Waals surface area (Å²) in [5.74, 6) is -1.10. The summed E-state index contributed by atoms with van der Waals surface area (Å²) in [6, 6.07) is 10.9. The third-order valence-electron chi connectivity index (χ3n) is 10.8. The second-order valence-corrected chi connectivity index (χ2v) is 14.4. The first-order chi connectivity index (χ1) is 24.4. The predicted molar refractivity (Wildman–Crippen MR) is 184 cm³/mol. The standard InChI is InChI=1S/C37H39N9O4/c47-33-8-7-32(35(48)42-33)46-36(49)26-5-4-24(16-27(26)37(46)50)39-17-22-13-25(14-22)45-20-28(34(43-45)23-2-3-23)31-18-40-29-6-1-21(15-30(29)41-31)19-44-11-9-38-10-12-44/h1,4-6,15-16,18,20,22-23,25,32,38-39H,2-3,7-14,17,19H2,(H,42,47,48). The fourth-order valence-corrected chi connectivity index (χ4v) is 7.79. The van der Waals surface area contributed by atoms with E-state index >= 15 is 0 Å². The van der Waals surface area contributed by atoms with Crippen LogP contribution >= 0.6 is 0 Å². The first-order valence-electron chi connectivity index (χ1n) is 17.8. The lowest BCUT2D eigenvalue weighted by Crippen LogP contribution is -2.54. The number of amides is 4. The Morgan fingerprint density at radius 3 is 2.50 bits per heavy atom. The Hall–Kier alpha value is -5.01. The van der Waals surface area contributed by atoms with Crippen molar-refractivity contribution >= 4 is 40.3 Å². The van der Waals surface area contributed by atoms with Gasteiger partial charge in [0.15, 0.2) is 0 Å². The smallest absolute Gasteiger partial charge is 0.262 e. The summed E-state index contributed by atoms with van der Waals surface area (Å²) in [7, 11) is 0. The molecule has 0 bridgehead atoms. The van der Waals surface area contributed by atoms with E-state index in [1.807, 2.05) is 6.20 Å². The fraction of sp³-hybridized carbons (Fsp3) is 0.432. The number of hydrogen-bond acceptors (Lipinski definition) is 10. The van der Waals surface area contributed by atoms with Gasteiger partial charge in [-0.25, -0.2) is 4.98 Å². The van der Waals surface area contributed by atoms with Gasteiger partial charge in [0.25, 0.3) is 11.8 Å². The molecule has 2 aromatic carbocycles. The van der Waals surface area contributed by atoms with Crippen LogP contribution in [0.3, 0.4) is 0 Å². The van der Waals surface area contributed by atoms with E-state index in [9.17, 15) is 19.2 Å². The van der Waals surface area contributed by atoms with Gasteiger partial charge < -0.3 is 10.6 Å². The Morgan fingerprint density at radius 1 is 0.880 bits per heavy atom. The number of hydrogen-bond donors (Lipinski definition) is 3. The number of piperazine rings is 1. The van der Waals surface area contributed by atoms with E-state index in [4.69, 9.17) is 15.1 Å². The Balaban J connectivity index is 0.852. The molecule has 4 aromatic rings. The molecule has 2 aromatic heterocycles. The van der Waals surface area contributed by atoms with Crippen molar-refractivity contribution < 1.29 is 19.2 Å². The average molecular weight is 674 g/mol. The summed E-state index contributed by atoms with van der Waals surface area (Å²) < 4.78 is 2.13. The van der Waals surface area contributed by atoms with Gasteiger partial charge in [0.1, 0.15) is 6.04 Å². The van der Waals surface area contributed by atoms with E-state index in [-0.39, 0.29) is 24.0 Å². The molecule has 2 saturated carbocycles. The summed E-state index contributed by atoms with van der Waals surface area (Å²) >= 11 is 0. The lowest BCUT2D eigenvalue weighted by atomic mass is 9.80. The van der Waals surface area contributed by atoms with Crippen LogP contribution in [0.4, 0.5) is 5.69 Å². The molecule has 13 heteroatoms. The van der Waals surface area contributed by atoms with E-state index in [0.29, 0.717) is 17.9 Å². The average Bonchev–Trinajstić information content (AvgIpc) is 3.81. The van der Waals surface area contributed by atoms with Crippen LogP contribution in [0.2, 0.25) is 0 Å². The van der Waals surface area contributed by atoms with Gasteiger partial charge in [-0.15, -0.1) is 0 Å². The molecule has 5 heterocycles. The number of rotatable bonds is 9. The Labute approximate surface area is 288 Å². The molecule has 13 nitrogen and oxygen atoms in total. The number of aromatic nitrogens is 4. The summed E-state index contributed by atoms with van der Waals surface area (Å²) in [5.41, 5.74) is 7.47. The fourth-order valence-electron chi connectivity index (χ4n) is 7.79. The van der Waals surface area contributed by atoms with Crippen molar-refractivity contribution in [1.82, 2.24) is 40.2 Å². The minimum Gasteiger partial charge on any atom is -0.385 e. The molecule has 0 radical (unpaired) electrons. The zero-order valence-electron chi connectivity index (χ0n) is 27.7. The maximum absolute atomic E-state index is 13.2. The monoisotopic (exact) mass is 673 g/mol. The summed E-state index contributed by atoms with van der Waals surface area (Å²) in [6.45, 7) is 5.80. The van der Waals surface area contributed by atoms with Crippen LogP contribution in [-0.4, -0.2) is 91.9 Å². The molecule has 3 aliphatic heterocycles. The lowest BCUT2D eigenvalue weighted by Gasteiger charge is -2.35. The highest BCUT2D eigenvalue weighted by Crippen LogP contribution is 2.45. The molecule has 4 amide bonds. The molecule has 2 saturated heterocycles. The predicted octanol–water partition coefficient (Wildman–Crippen LogP) is 3.24. The van der Waals surface area contributed by atoms with Crippen LogP contribution in [0.5, 0.6) is 0 Å². The van der Waals surface area contributed by atoms with Gasteiger partial charge in [-0.1, -0.05) is 6.07 Å². The number of nitrogens with one attached hydrogen (secondary N) is 3. The molecule has 9 rings (SSSR count). The molecule has 2 aliphatic carbocycles. The highest BCUT2D eigenvalue weighted by molar-refractivity contribution is 6.23. The lowest BCUT2D eigenvalue weighted by molar-refractivity contribution is -0.136. The number of carbonyl (C=O) groups excluding carboxylic acids is 4. The van der Waals surface area contributed by atoms with Crippen molar-refractivity contribution in [2.24, 2.45) is 5.92 Å². The van der Waals surface area contributed by atoms with Crippen molar-refractivity contribution in [3.05, 3.63) is 71.2 Å². The maximum atomic E-state index is 13.2. The van der Waals surface area contributed by atoms with E-state index < -0.39 is 29.7 Å². The number of benzene rings is 2. The number of imide groups is 2. The number of nitrogens with zero attached hydrogens (tertiary/aromatic N) is 6. The van der Waals surface area contributed by atoms with E-state index in [0.717, 1.165) is 104 Å². The SMILES string of the molecule is O=C1CCC(N2C(=O)c3ccc(NCC4CC(n5cc(-c6cnc7ccc(CN8CCNCC8)cc7n6)c(C6CC6)n5)C4)cc3C2=O)C(=O)N1. The number of carbonyl (C=O) groups is 4. The van der Waals surface area contributed by atoms with Crippen molar-refractivity contribution in [2.75, 3.05) is 38.0 Å². The molecule has 4 fully saturated rings. The highest BCUT2D eigenvalue weighted by Gasteiger charge is 2.44. The van der Waals surface area contributed by atoms with Crippen LogP contribution in [-0.2, 0) is 16.1 Å². The first-order valence-corrected chi connectivity index (χ1v) is 17.8. The van der Waals surface area contributed by atoms with Crippen molar-refractivity contribution in [3.8, 4) is 11.3 Å². The van der Waals surface area contributed by atoms with Gasteiger partial charge in [-0.2, -0.15) is 5.10 Å². The van der Waals surface area contributed by atoms with Gasteiger partial charge >= 0.3 is 0 Å². The summed E-state index contributed by atoms with van der Waals surface area (Å²) in [5, 5.41) is 14.2. The van der Waals surface area contributed by atoms with Crippen molar-refractivity contribution in [2.45, 2.75) is 63.1 Å². The molecule has 1 atom stereocenters. The molecule has 256 valence electrons. The zero-order chi connectivity index (χ0) is 33.9. The molecule has 5 aliphatic rings. The normalized spacial score (nSPS) is 24.0. The van der Waals surface area contributed by atoms with Crippen LogP contribution < -0.4 is 16.0 Å². The van der Waals surface area contributed by atoms with E-state index in [1.165, 1.54) is 5.56 Å². The second kappa shape index (κ2) is 12.4. The van der Waals surface area contributed by atoms with E-state index in [1.54, 1.807) is 18.2 Å². The largest absolute Gasteiger partial charge is 0.385 e. The molecular formula is C37H39N9O4. The Morgan fingerprint density at radius 2 is 1.70 bits per heavy atom.